The molecule has 0 aliphatic carbocycles. The average Bonchev–Trinajstić information content (AvgIpc) is 2.19. The smallest absolute Gasteiger partial charge is 0.314 e. The van der Waals surface area contributed by atoms with Crippen LogP contribution in [-0.2, 0) is 4.79 Å². The van der Waals surface area contributed by atoms with Gasteiger partial charge >= 0.3 is 5.97 Å². The molecule has 0 bridgehead atoms. The van der Waals surface area contributed by atoms with E-state index in [4.69, 9.17) is 5.11 Å². The van der Waals surface area contributed by atoms with Gasteiger partial charge in [0.2, 0.25) is 0 Å². The van der Waals surface area contributed by atoms with Crippen molar-refractivity contribution in [3.05, 3.63) is 30.1 Å². The summed E-state index contributed by atoms with van der Waals surface area (Å²) in [5.41, 5.74) is 0.210. The summed E-state index contributed by atoms with van der Waals surface area (Å²) in [6.45, 7) is 1.67. The fourth-order valence-electron chi connectivity index (χ4n) is 1.16. The lowest BCUT2D eigenvalue weighted by Gasteiger charge is -2.06. The summed E-state index contributed by atoms with van der Waals surface area (Å²) >= 11 is 0. The number of pyridine rings is 1. The van der Waals surface area contributed by atoms with E-state index >= 15 is 0 Å². The Labute approximate surface area is 81.6 Å². The Kier molecular flexibility index (Phi) is 3.34. The lowest BCUT2D eigenvalue weighted by Crippen LogP contribution is -2.23. The van der Waals surface area contributed by atoms with Crippen LogP contribution in [-0.4, -0.2) is 21.8 Å². The van der Waals surface area contributed by atoms with Gasteiger partial charge in [0.05, 0.1) is 0 Å². The summed E-state index contributed by atoms with van der Waals surface area (Å²) in [6, 6.07) is 4.86. The van der Waals surface area contributed by atoms with Crippen molar-refractivity contribution in [3.8, 4) is 0 Å². The summed E-state index contributed by atoms with van der Waals surface area (Å²) < 4.78 is 0. The highest BCUT2D eigenvalue weighted by atomic mass is 16.4. The molecule has 1 N–H and O–H groups in total. The molecule has 0 saturated carbocycles. The second kappa shape index (κ2) is 4.50. The molecule has 0 spiro atoms. The normalized spacial score (nSPS) is 12.1. The van der Waals surface area contributed by atoms with Crippen molar-refractivity contribution in [2.45, 2.75) is 13.3 Å². The molecule has 0 fully saturated rings. The molecule has 0 aromatic carbocycles. The van der Waals surface area contributed by atoms with Gasteiger partial charge in [0.1, 0.15) is 11.6 Å². The number of nitrogens with zero attached hydrogens (tertiary/aromatic N) is 1. The average molecular weight is 193 g/mol. The van der Waals surface area contributed by atoms with Crippen LogP contribution in [0.3, 0.4) is 0 Å². The van der Waals surface area contributed by atoms with Gasteiger partial charge in [0.15, 0.2) is 5.78 Å². The van der Waals surface area contributed by atoms with Gasteiger partial charge in [-0.25, -0.2) is 0 Å². The fourth-order valence-corrected chi connectivity index (χ4v) is 1.16. The zero-order chi connectivity index (χ0) is 10.6. The van der Waals surface area contributed by atoms with Crippen LogP contribution in [0.15, 0.2) is 24.4 Å². The monoisotopic (exact) mass is 193 g/mol. The van der Waals surface area contributed by atoms with Crippen LogP contribution < -0.4 is 0 Å². The summed E-state index contributed by atoms with van der Waals surface area (Å²) in [6.07, 6.45) is 1.76. The molecule has 0 saturated heterocycles. The van der Waals surface area contributed by atoms with Crippen molar-refractivity contribution in [1.29, 1.82) is 0 Å². The second-order valence-corrected chi connectivity index (χ2v) is 2.88. The Bertz CT molecular complexity index is 334. The number of ketones is 1. The molecule has 1 aromatic rings. The quantitative estimate of drug-likeness (QED) is 0.579. The van der Waals surface area contributed by atoms with Gasteiger partial charge in [-0.15, -0.1) is 0 Å². The Morgan fingerprint density at radius 2 is 2.21 bits per heavy atom. The van der Waals surface area contributed by atoms with E-state index in [-0.39, 0.29) is 12.1 Å². The number of carbonyl (C=O) groups is 2. The lowest BCUT2D eigenvalue weighted by molar-refractivity contribution is -0.140. The maximum absolute atomic E-state index is 11.6. The van der Waals surface area contributed by atoms with E-state index in [9.17, 15) is 9.59 Å². The van der Waals surface area contributed by atoms with Gasteiger partial charge in [0, 0.05) is 6.20 Å². The van der Waals surface area contributed by atoms with Crippen molar-refractivity contribution in [1.82, 2.24) is 4.98 Å². The molecule has 0 unspecified atom stereocenters. The Hall–Kier alpha value is -1.71. The van der Waals surface area contributed by atoms with Crippen LogP contribution in [0.2, 0.25) is 0 Å². The highest BCUT2D eigenvalue weighted by Crippen LogP contribution is 2.10. The van der Waals surface area contributed by atoms with Crippen LogP contribution >= 0.6 is 0 Å². The SMILES string of the molecule is CC[C@H](C(=O)O)C(=O)c1ccccn1. The maximum atomic E-state index is 11.6. The molecule has 74 valence electrons. The van der Waals surface area contributed by atoms with Crippen LogP contribution in [0.5, 0.6) is 0 Å². The highest BCUT2D eigenvalue weighted by Gasteiger charge is 2.25. The van der Waals surface area contributed by atoms with E-state index in [0.29, 0.717) is 0 Å². The van der Waals surface area contributed by atoms with Crippen LogP contribution in [0.4, 0.5) is 0 Å². The zero-order valence-electron chi connectivity index (χ0n) is 7.80. The van der Waals surface area contributed by atoms with Crippen molar-refractivity contribution in [3.63, 3.8) is 0 Å². The number of rotatable bonds is 4. The Morgan fingerprint density at radius 3 is 2.64 bits per heavy atom. The van der Waals surface area contributed by atoms with E-state index in [2.05, 4.69) is 4.98 Å². The van der Waals surface area contributed by atoms with Crippen molar-refractivity contribution in [2.24, 2.45) is 5.92 Å². The third kappa shape index (κ3) is 2.16. The number of carboxylic acids is 1. The van der Waals surface area contributed by atoms with E-state index in [1.807, 2.05) is 0 Å². The predicted molar refractivity (Wildman–Crippen MR) is 50.0 cm³/mol. The van der Waals surface area contributed by atoms with Crippen molar-refractivity contribution in [2.75, 3.05) is 0 Å². The molecular weight excluding hydrogens is 182 g/mol. The van der Waals surface area contributed by atoms with E-state index in [1.54, 1.807) is 19.1 Å². The number of Topliss-reactive ketones (excluding diaryl/α,β-unsaturated/α-hetero) is 1. The second-order valence-electron chi connectivity index (χ2n) is 2.88. The minimum absolute atomic E-state index is 0.210. The summed E-state index contributed by atoms with van der Waals surface area (Å²) in [4.78, 5) is 26.1. The van der Waals surface area contributed by atoms with Gasteiger partial charge in [-0.3, -0.25) is 14.6 Å². The minimum atomic E-state index is -1.09. The standard InChI is InChI=1S/C10H11NO3/c1-2-7(10(13)14)9(12)8-5-3-4-6-11-8/h3-7H,2H2,1H3,(H,13,14)/t7-/m0/s1. The molecule has 0 radical (unpaired) electrons. The van der Waals surface area contributed by atoms with Crippen LogP contribution in [0, 0.1) is 5.92 Å². The summed E-state index contributed by atoms with van der Waals surface area (Å²) in [5, 5.41) is 8.76. The third-order valence-electron chi connectivity index (χ3n) is 1.94. The van der Waals surface area contributed by atoms with Gasteiger partial charge < -0.3 is 5.11 Å². The van der Waals surface area contributed by atoms with Crippen LogP contribution in [0.1, 0.15) is 23.8 Å². The number of hydrogen-bond acceptors (Lipinski definition) is 3. The number of hydrogen-bond donors (Lipinski definition) is 1. The van der Waals surface area contributed by atoms with Gasteiger partial charge in [-0.2, -0.15) is 0 Å². The molecular formula is C10H11NO3. The first kappa shape index (κ1) is 10.4. The van der Waals surface area contributed by atoms with Crippen molar-refractivity contribution < 1.29 is 14.7 Å². The number of carbonyl (C=O) groups excluding carboxylic acids is 1. The molecule has 4 heteroatoms. The highest BCUT2D eigenvalue weighted by molar-refractivity contribution is 6.06. The van der Waals surface area contributed by atoms with E-state index in [0.717, 1.165) is 0 Å². The molecule has 0 amide bonds. The Balaban J connectivity index is 2.89. The molecule has 1 rings (SSSR count). The lowest BCUT2D eigenvalue weighted by atomic mass is 9.99. The molecule has 1 heterocycles. The van der Waals surface area contributed by atoms with Gasteiger partial charge in [0.25, 0.3) is 0 Å². The van der Waals surface area contributed by atoms with Gasteiger partial charge in [-0.1, -0.05) is 13.0 Å². The fraction of sp³-hybridized carbons (Fsp3) is 0.300. The molecule has 4 nitrogen and oxygen atoms in total. The molecule has 14 heavy (non-hydrogen) atoms. The maximum Gasteiger partial charge on any atom is 0.314 e. The predicted octanol–water partition coefficient (Wildman–Crippen LogP) is 1.38. The molecule has 1 aromatic heterocycles. The molecule has 0 aliphatic heterocycles. The molecule has 1 atom stereocenters. The first-order valence-corrected chi connectivity index (χ1v) is 4.35. The number of carboxylic acid groups (broad SMARTS) is 1. The van der Waals surface area contributed by atoms with E-state index in [1.165, 1.54) is 12.3 Å². The first-order valence-electron chi connectivity index (χ1n) is 4.35. The molecule has 0 aliphatic rings. The van der Waals surface area contributed by atoms with Gasteiger partial charge in [-0.05, 0) is 18.6 Å². The van der Waals surface area contributed by atoms with Crippen LogP contribution in [0.25, 0.3) is 0 Å². The number of aliphatic carboxylic acids is 1. The van der Waals surface area contributed by atoms with E-state index < -0.39 is 17.7 Å². The Morgan fingerprint density at radius 1 is 1.50 bits per heavy atom. The van der Waals surface area contributed by atoms with Crippen molar-refractivity contribution >= 4 is 11.8 Å². The summed E-state index contributed by atoms with van der Waals surface area (Å²) in [5.74, 6) is -2.51. The summed E-state index contributed by atoms with van der Waals surface area (Å²) in [7, 11) is 0. The largest absolute Gasteiger partial charge is 0.481 e. The minimum Gasteiger partial charge on any atom is -0.481 e. The number of aromatic nitrogens is 1. The zero-order valence-corrected chi connectivity index (χ0v) is 7.80. The first-order chi connectivity index (χ1) is 6.66. The third-order valence-corrected chi connectivity index (χ3v) is 1.94. The topological polar surface area (TPSA) is 67.3 Å².